The van der Waals surface area contributed by atoms with Crippen molar-refractivity contribution >= 4 is 0 Å². The molecule has 0 amide bonds. The zero-order valence-electron chi connectivity index (χ0n) is 12.5. The van der Waals surface area contributed by atoms with Crippen LogP contribution in [-0.4, -0.2) is 14.9 Å². The average Bonchev–Trinajstić information content (AvgIpc) is 2.66. The number of aromatic nitrogens is 2. The highest BCUT2D eigenvalue weighted by molar-refractivity contribution is 5.26. The van der Waals surface area contributed by atoms with E-state index in [2.05, 4.69) is 32.8 Å². The minimum absolute atomic E-state index is 0.0129. The third-order valence-electron chi connectivity index (χ3n) is 3.26. The summed E-state index contributed by atoms with van der Waals surface area (Å²) >= 11 is 0. The number of hydrogen-bond acceptors (Lipinski definition) is 2. The van der Waals surface area contributed by atoms with Gasteiger partial charge in [-0.15, -0.1) is 0 Å². The highest BCUT2D eigenvalue weighted by Crippen LogP contribution is 2.30. The van der Waals surface area contributed by atoms with Gasteiger partial charge in [-0.25, -0.2) is 0 Å². The van der Waals surface area contributed by atoms with Crippen LogP contribution in [0.4, 0.5) is 0 Å². The maximum absolute atomic E-state index is 10.3. The van der Waals surface area contributed by atoms with Gasteiger partial charge in [0.05, 0.1) is 11.8 Å². The number of rotatable bonds is 6. The molecule has 0 aliphatic heterocycles. The number of aliphatic hydroxyl groups is 1. The fourth-order valence-electron chi connectivity index (χ4n) is 2.25. The molecule has 0 bridgehead atoms. The Morgan fingerprint density at radius 2 is 1.94 bits per heavy atom. The van der Waals surface area contributed by atoms with Crippen LogP contribution in [0.2, 0.25) is 0 Å². The van der Waals surface area contributed by atoms with E-state index < -0.39 is 0 Å². The van der Waals surface area contributed by atoms with Crippen LogP contribution in [0.25, 0.3) is 0 Å². The Morgan fingerprint density at radius 1 is 1.28 bits per heavy atom. The Hall–Kier alpha value is -0.830. The van der Waals surface area contributed by atoms with E-state index in [-0.39, 0.29) is 11.5 Å². The first-order valence-electron chi connectivity index (χ1n) is 7.08. The first-order valence-corrected chi connectivity index (χ1v) is 7.08. The van der Waals surface area contributed by atoms with Crippen LogP contribution in [0.1, 0.15) is 77.2 Å². The molecule has 0 aromatic carbocycles. The average molecular weight is 252 g/mol. The minimum Gasteiger partial charge on any atom is -0.388 e. The van der Waals surface area contributed by atoms with Crippen molar-refractivity contribution in [3.8, 4) is 0 Å². The largest absolute Gasteiger partial charge is 0.388 e. The summed E-state index contributed by atoms with van der Waals surface area (Å²) in [6, 6.07) is 0. The molecule has 3 nitrogen and oxygen atoms in total. The van der Waals surface area contributed by atoms with Gasteiger partial charge in [0.15, 0.2) is 0 Å². The second-order valence-electron chi connectivity index (χ2n) is 6.22. The Kier molecular flexibility index (Phi) is 5.39. The Labute approximate surface area is 111 Å². The lowest BCUT2D eigenvalue weighted by Crippen LogP contribution is -2.16. The van der Waals surface area contributed by atoms with Crippen LogP contribution in [0.3, 0.4) is 0 Å². The van der Waals surface area contributed by atoms with Gasteiger partial charge < -0.3 is 5.11 Å². The van der Waals surface area contributed by atoms with E-state index in [4.69, 9.17) is 0 Å². The normalized spacial score (nSPS) is 13.9. The van der Waals surface area contributed by atoms with Gasteiger partial charge in [-0.1, -0.05) is 53.4 Å². The van der Waals surface area contributed by atoms with Gasteiger partial charge in [0.2, 0.25) is 0 Å². The molecule has 1 unspecified atom stereocenters. The van der Waals surface area contributed by atoms with Crippen LogP contribution in [0.5, 0.6) is 0 Å². The summed E-state index contributed by atoms with van der Waals surface area (Å²) < 4.78 is 1.81. The van der Waals surface area contributed by atoms with Gasteiger partial charge in [-0.3, -0.25) is 4.68 Å². The number of nitrogens with zero attached hydrogens (tertiary/aromatic N) is 2. The summed E-state index contributed by atoms with van der Waals surface area (Å²) in [6.07, 6.45) is 7.22. The number of hydrogen-bond donors (Lipinski definition) is 1. The highest BCUT2D eigenvalue weighted by atomic mass is 16.3. The summed E-state index contributed by atoms with van der Waals surface area (Å²) in [6.45, 7) is 8.63. The van der Waals surface area contributed by atoms with Crippen LogP contribution in [0, 0.1) is 0 Å². The third kappa shape index (κ3) is 4.13. The molecule has 1 aromatic rings. The van der Waals surface area contributed by atoms with E-state index in [1.807, 2.05) is 17.9 Å². The molecule has 0 fully saturated rings. The van der Waals surface area contributed by atoms with Crippen LogP contribution in [0.15, 0.2) is 6.20 Å². The van der Waals surface area contributed by atoms with Crippen LogP contribution < -0.4 is 0 Å². The molecule has 1 N–H and O–H groups in total. The maximum Gasteiger partial charge on any atom is 0.0823 e. The quantitative estimate of drug-likeness (QED) is 0.784. The van der Waals surface area contributed by atoms with Gasteiger partial charge in [-0.2, -0.15) is 5.10 Å². The fraction of sp³-hybridized carbons (Fsp3) is 0.800. The Balaban J connectivity index is 2.70. The van der Waals surface area contributed by atoms with Crippen molar-refractivity contribution < 1.29 is 5.11 Å². The highest BCUT2D eigenvalue weighted by Gasteiger charge is 2.25. The van der Waals surface area contributed by atoms with Crippen molar-refractivity contribution in [2.75, 3.05) is 0 Å². The summed E-state index contributed by atoms with van der Waals surface area (Å²) in [7, 11) is 1.92. The topological polar surface area (TPSA) is 38.0 Å². The number of aryl methyl sites for hydroxylation is 1. The van der Waals surface area contributed by atoms with Gasteiger partial charge in [-0.05, 0) is 6.42 Å². The van der Waals surface area contributed by atoms with Gasteiger partial charge >= 0.3 is 0 Å². The van der Waals surface area contributed by atoms with Crippen molar-refractivity contribution in [1.82, 2.24) is 9.78 Å². The molecule has 1 heterocycles. The van der Waals surface area contributed by atoms with E-state index in [1.165, 1.54) is 19.3 Å². The first kappa shape index (κ1) is 15.2. The van der Waals surface area contributed by atoms with Crippen molar-refractivity contribution in [3.05, 3.63) is 17.5 Å². The second kappa shape index (κ2) is 6.37. The molecule has 104 valence electrons. The maximum atomic E-state index is 10.3. The molecule has 0 saturated carbocycles. The lowest BCUT2D eigenvalue weighted by atomic mass is 9.87. The van der Waals surface area contributed by atoms with Gasteiger partial charge in [0.25, 0.3) is 0 Å². The molecule has 0 aliphatic rings. The molecular formula is C15H28N2O. The molecule has 1 rings (SSSR count). The molecule has 3 heteroatoms. The Bertz CT molecular complexity index is 363. The van der Waals surface area contributed by atoms with E-state index >= 15 is 0 Å². The predicted molar refractivity (Wildman–Crippen MR) is 75.6 cm³/mol. The van der Waals surface area contributed by atoms with Gasteiger partial charge in [0.1, 0.15) is 0 Å². The Morgan fingerprint density at radius 3 is 2.50 bits per heavy atom. The summed E-state index contributed by atoms with van der Waals surface area (Å²) in [5, 5.41) is 14.8. The summed E-state index contributed by atoms with van der Waals surface area (Å²) in [5.74, 6) is 0. The van der Waals surface area contributed by atoms with Crippen molar-refractivity contribution in [2.45, 2.75) is 71.3 Å². The van der Waals surface area contributed by atoms with E-state index in [0.717, 1.165) is 24.1 Å². The van der Waals surface area contributed by atoms with Crippen molar-refractivity contribution in [1.29, 1.82) is 0 Å². The lowest BCUT2D eigenvalue weighted by Gasteiger charge is -2.20. The second-order valence-corrected chi connectivity index (χ2v) is 6.22. The van der Waals surface area contributed by atoms with Gasteiger partial charge in [0, 0.05) is 24.2 Å². The number of unbranched alkanes of at least 4 members (excludes halogenated alkanes) is 3. The van der Waals surface area contributed by atoms with E-state index in [1.54, 1.807) is 0 Å². The molecule has 0 saturated heterocycles. The predicted octanol–water partition coefficient (Wildman–Crippen LogP) is 3.72. The summed E-state index contributed by atoms with van der Waals surface area (Å²) in [4.78, 5) is 0. The summed E-state index contributed by atoms with van der Waals surface area (Å²) in [5.41, 5.74) is 2.01. The monoisotopic (exact) mass is 252 g/mol. The molecule has 0 aliphatic carbocycles. The number of aliphatic hydroxyl groups excluding tert-OH is 1. The zero-order valence-corrected chi connectivity index (χ0v) is 12.5. The molecule has 0 spiro atoms. The fourth-order valence-corrected chi connectivity index (χ4v) is 2.25. The molecule has 1 atom stereocenters. The molecule has 0 radical (unpaired) electrons. The molecule has 18 heavy (non-hydrogen) atoms. The third-order valence-corrected chi connectivity index (χ3v) is 3.26. The molecular weight excluding hydrogens is 224 g/mol. The van der Waals surface area contributed by atoms with E-state index in [0.29, 0.717) is 0 Å². The smallest absolute Gasteiger partial charge is 0.0823 e. The van der Waals surface area contributed by atoms with Crippen molar-refractivity contribution in [3.63, 3.8) is 0 Å². The SMILES string of the molecule is CCCCCCC(O)c1cn(C)nc1C(C)(C)C. The standard InChI is InChI=1S/C15H28N2O/c1-6-7-8-9-10-13(18)12-11-17(5)16-14(12)15(2,3)4/h11,13,18H,6-10H2,1-5H3. The van der Waals surface area contributed by atoms with Crippen molar-refractivity contribution in [2.24, 2.45) is 7.05 Å². The first-order chi connectivity index (χ1) is 8.36. The lowest BCUT2D eigenvalue weighted by molar-refractivity contribution is 0.161. The molecule has 1 aromatic heterocycles. The zero-order chi connectivity index (χ0) is 13.8. The van der Waals surface area contributed by atoms with Crippen LogP contribution in [-0.2, 0) is 12.5 Å². The van der Waals surface area contributed by atoms with Crippen LogP contribution >= 0.6 is 0 Å². The van der Waals surface area contributed by atoms with E-state index in [9.17, 15) is 5.11 Å². The minimum atomic E-state index is -0.371.